The van der Waals surface area contributed by atoms with Gasteiger partial charge in [-0.25, -0.2) is 0 Å². The lowest BCUT2D eigenvalue weighted by Crippen LogP contribution is -2.44. The highest BCUT2D eigenvalue weighted by Gasteiger charge is 2.27. The molecule has 4 nitrogen and oxygen atoms in total. The predicted octanol–water partition coefficient (Wildman–Crippen LogP) is 3.41. The number of likely N-dealkylation sites (tertiary alicyclic amines) is 1. The van der Waals surface area contributed by atoms with Crippen molar-refractivity contribution in [3.63, 3.8) is 0 Å². The van der Waals surface area contributed by atoms with Gasteiger partial charge in [0.2, 0.25) is 0 Å². The van der Waals surface area contributed by atoms with Gasteiger partial charge in [-0.1, -0.05) is 48.5 Å². The van der Waals surface area contributed by atoms with Crippen LogP contribution >= 0.6 is 0 Å². The third-order valence-electron chi connectivity index (χ3n) is 4.86. The number of carbonyl (C=O) groups excluding carboxylic acids is 2. The van der Waals surface area contributed by atoms with Crippen molar-refractivity contribution in [2.45, 2.75) is 26.2 Å². The van der Waals surface area contributed by atoms with Crippen LogP contribution in [0.2, 0.25) is 0 Å². The molecule has 25 heavy (non-hydrogen) atoms. The molecule has 1 aliphatic heterocycles. The second kappa shape index (κ2) is 7.97. The van der Waals surface area contributed by atoms with Crippen molar-refractivity contribution in [2.75, 3.05) is 18.4 Å². The molecule has 1 heterocycles. The van der Waals surface area contributed by atoms with Crippen molar-refractivity contribution >= 4 is 17.5 Å². The minimum absolute atomic E-state index is 0.429. The zero-order valence-electron chi connectivity index (χ0n) is 14.6. The molecule has 0 unspecified atom stereocenters. The number of carbonyl (C=O) groups is 2. The molecule has 2 aromatic carbocycles. The number of nitrogens with zero attached hydrogens (tertiary/aromatic N) is 1. The highest BCUT2D eigenvalue weighted by molar-refractivity contribution is 6.39. The predicted molar refractivity (Wildman–Crippen MR) is 99.3 cm³/mol. The zero-order chi connectivity index (χ0) is 17.6. The Hall–Kier alpha value is -2.62. The van der Waals surface area contributed by atoms with Gasteiger partial charge in [0.15, 0.2) is 0 Å². The number of para-hydroxylation sites is 1. The average molecular weight is 336 g/mol. The van der Waals surface area contributed by atoms with E-state index in [1.807, 2.05) is 37.3 Å². The van der Waals surface area contributed by atoms with Crippen LogP contribution in [0.4, 0.5) is 5.69 Å². The van der Waals surface area contributed by atoms with Gasteiger partial charge in [-0.2, -0.15) is 0 Å². The van der Waals surface area contributed by atoms with Crippen molar-refractivity contribution in [2.24, 2.45) is 5.92 Å². The van der Waals surface area contributed by atoms with Gasteiger partial charge >= 0.3 is 11.8 Å². The van der Waals surface area contributed by atoms with Crippen LogP contribution in [0, 0.1) is 12.8 Å². The van der Waals surface area contributed by atoms with Gasteiger partial charge in [-0.05, 0) is 49.3 Å². The van der Waals surface area contributed by atoms with E-state index in [1.165, 1.54) is 5.56 Å². The molecule has 1 N–H and O–H groups in total. The van der Waals surface area contributed by atoms with E-state index in [-0.39, 0.29) is 0 Å². The number of anilines is 1. The highest BCUT2D eigenvalue weighted by atomic mass is 16.2. The average Bonchev–Trinajstić information content (AvgIpc) is 2.64. The van der Waals surface area contributed by atoms with Crippen LogP contribution in [0.1, 0.15) is 24.0 Å². The molecule has 0 aromatic heterocycles. The fraction of sp³-hybridized carbons (Fsp3) is 0.333. The Kier molecular flexibility index (Phi) is 5.49. The Morgan fingerprint density at radius 2 is 1.64 bits per heavy atom. The minimum Gasteiger partial charge on any atom is -0.334 e. The second-order valence-electron chi connectivity index (χ2n) is 6.69. The second-order valence-corrected chi connectivity index (χ2v) is 6.69. The summed E-state index contributed by atoms with van der Waals surface area (Å²) in [6.07, 6.45) is 2.93. The van der Waals surface area contributed by atoms with Gasteiger partial charge in [0.25, 0.3) is 0 Å². The molecule has 1 fully saturated rings. The van der Waals surface area contributed by atoms with E-state index < -0.39 is 11.8 Å². The summed E-state index contributed by atoms with van der Waals surface area (Å²) in [4.78, 5) is 26.3. The van der Waals surface area contributed by atoms with Gasteiger partial charge in [0.05, 0.1) is 0 Å². The van der Waals surface area contributed by atoms with E-state index in [2.05, 4.69) is 29.6 Å². The highest BCUT2D eigenvalue weighted by Crippen LogP contribution is 2.22. The molecule has 4 heteroatoms. The quantitative estimate of drug-likeness (QED) is 0.873. The van der Waals surface area contributed by atoms with E-state index in [1.54, 1.807) is 4.90 Å². The van der Waals surface area contributed by atoms with E-state index >= 15 is 0 Å². The number of rotatable bonds is 3. The number of amides is 2. The first-order valence-electron chi connectivity index (χ1n) is 8.83. The lowest BCUT2D eigenvalue weighted by Gasteiger charge is -2.31. The molecule has 0 saturated carbocycles. The molecule has 0 spiro atoms. The first-order chi connectivity index (χ1) is 12.1. The normalized spacial score (nSPS) is 15.0. The van der Waals surface area contributed by atoms with Crippen molar-refractivity contribution < 1.29 is 9.59 Å². The Morgan fingerprint density at radius 3 is 2.32 bits per heavy atom. The maximum Gasteiger partial charge on any atom is 0.313 e. The van der Waals surface area contributed by atoms with Gasteiger partial charge < -0.3 is 10.2 Å². The van der Waals surface area contributed by atoms with Gasteiger partial charge in [-0.3, -0.25) is 9.59 Å². The standard InChI is InChI=1S/C21H24N2O2/c1-16-7-5-6-10-19(16)22-20(24)21(25)23-13-11-18(12-14-23)15-17-8-3-2-4-9-17/h2-10,18H,11-15H2,1H3,(H,22,24). The van der Waals surface area contributed by atoms with Gasteiger partial charge in [-0.15, -0.1) is 0 Å². The number of hydrogen-bond donors (Lipinski definition) is 1. The molecule has 0 bridgehead atoms. The molecule has 1 aliphatic rings. The molecule has 0 radical (unpaired) electrons. The van der Waals surface area contributed by atoms with E-state index in [9.17, 15) is 9.59 Å². The summed E-state index contributed by atoms with van der Waals surface area (Å²) in [7, 11) is 0. The first kappa shape index (κ1) is 17.2. The summed E-state index contributed by atoms with van der Waals surface area (Å²) in [5.41, 5.74) is 2.98. The molecular formula is C21H24N2O2. The van der Waals surface area contributed by atoms with Crippen molar-refractivity contribution in [3.8, 4) is 0 Å². The monoisotopic (exact) mass is 336 g/mol. The summed E-state index contributed by atoms with van der Waals surface area (Å²) < 4.78 is 0. The molecule has 3 rings (SSSR count). The third kappa shape index (κ3) is 4.47. The maximum atomic E-state index is 12.4. The number of nitrogens with one attached hydrogen (secondary N) is 1. The smallest absolute Gasteiger partial charge is 0.313 e. The van der Waals surface area contributed by atoms with Gasteiger partial charge in [0, 0.05) is 18.8 Å². The molecule has 130 valence electrons. The van der Waals surface area contributed by atoms with Gasteiger partial charge in [0.1, 0.15) is 0 Å². The van der Waals surface area contributed by atoms with Crippen LogP contribution in [0.3, 0.4) is 0 Å². The molecule has 1 saturated heterocycles. The number of piperidine rings is 1. The summed E-state index contributed by atoms with van der Waals surface area (Å²) in [6.45, 7) is 3.21. The summed E-state index contributed by atoms with van der Waals surface area (Å²) in [5, 5.41) is 2.73. The van der Waals surface area contributed by atoms with E-state index in [4.69, 9.17) is 0 Å². The Balaban J connectivity index is 1.51. The van der Waals surface area contributed by atoms with Crippen molar-refractivity contribution in [1.82, 2.24) is 4.90 Å². The fourth-order valence-corrected chi connectivity index (χ4v) is 3.32. The van der Waals surface area contributed by atoms with Crippen LogP contribution < -0.4 is 5.32 Å². The van der Waals surface area contributed by atoms with E-state index in [0.29, 0.717) is 24.7 Å². The lowest BCUT2D eigenvalue weighted by molar-refractivity contribution is -0.144. The van der Waals surface area contributed by atoms with Crippen LogP contribution in [-0.4, -0.2) is 29.8 Å². The Morgan fingerprint density at radius 1 is 1.00 bits per heavy atom. The SMILES string of the molecule is Cc1ccccc1NC(=O)C(=O)N1CCC(Cc2ccccc2)CC1. The Labute approximate surface area is 148 Å². The summed E-state index contributed by atoms with van der Waals surface area (Å²) >= 11 is 0. The molecular weight excluding hydrogens is 312 g/mol. The lowest BCUT2D eigenvalue weighted by atomic mass is 9.90. The molecule has 2 amide bonds. The Bertz CT molecular complexity index is 735. The largest absolute Gasteiger partial charge is 0.334 e. The topological polar surface area (TPSA) is 49.4 Å². The molecule has 0 aliphatic carbocycles. The maximum absolute atomic E-state index is 12.4. The van der Waals surface area contributed by atoms with Crippen LogP contribution in [0.5, 0.6) is 0 Å². The third-order valence-corrected chi connectivity index (χ3v) is 4.86. The molecule has 0 atom stereocenters. The first-order valence-corrected chi connectivity index (χ1v) is 8.83. The fourth-order valence-electron chi connectivity index (χ4n) is 3.32. The van der Waals surface area contributed by atoms with Crippen LogP contribution in [0.25, 0.3) is 0 Å². The van der Waals surface area contributed by atoms with Crippen molar-refractivity contribution in [3.05, 3.63) is 65.7 Å². The van der Waals surface area contributed by atoms with Crippen LogP contribution in [0.15, 0.2) is 54.6 Å². The van der Waals surface area contributed by atoms with Crippen LogP contribution in [-0.2, 0) is 16.0 Å². The van der Waals surface area contributed by atoms with E-state index in [0.717, 1.165) is 24.8 Å². The summed E-state index contributed by atoms with van der Waals surface area (Å²) in [5.74, 6) is -0.400. The number of hydrogen-bond acceptors (Lipinski definition) is 2. The zero-order valence-corrected chi connectivity index (χ0v) is 14.6. The number of aryl methyl sites for hydroxylation is 1. The number of benzene rings is 2. The van der Waals surface area contributed by atoms with Crippen molar-refractivity contribution in [1.29, 1.82) is 0 Å². The molecule has 2 aromatic rings. The summed E-state index contributed by atoms with van der Waals surface area (Å²) in [6, 6.07) is 17.9. The minimum atomic E-state index is -0.546.